The molecule has 16 heavy (non-hydrogen) atoms. The minimum absolute atomic E-state index is 0. The Balaban J connectivity index is 0.00000225. The van der Waals surface area contributed by atoms with E-state index in [9.17, 15) is 5.11 Å². The fourth-order valence-corrected chi connectivity index (χ4v) is 1.84. The van der Waals surface area contributed by atoms with Gasteiger partial charge in [0.15, 0.2) is 0 Å². The molecular formula is C12H26ClNO2. The summed E-state index contributed by atoms with van der Waals surface area (Å²) in [6.45, 7) is 7.09. The number of nitrogens with one attached hydrogen (secondary N) is 1. The van der Waals surface area contributed by atoms with Gasteiger partial charge in [-0.3, -0.25) is 0 Å². The Labute approximate surface area is 105 Å². The second-order valence-corrected chi connectivity index (χ2v) is 5.47. The predicted molar refractivity (Wildman–Crippen MR) is 69.2 cm³/mol. The molecule has 1 atom stereocenters. The van der Waals surface area contributed by atoms with Crippen LogP contribution in [-0.2, 0) is 4.74 Å². The molecule has 0 aromatic rings. The van der Waals surface area contributed by atoms with Crippen LogP contribution in [0.1, 0.15) is 46.5 Å². The van der Waals surface area contributed by atoms with Gasteiger partial charge < -0.3 is 15.2 Å². The minimum Gasteiger partial charge on any atom is -0.389 e. The monoisotopic (exact) mass is 251 g/mol. The van der Waals surface area contributed by atoms with E-state index in [4.69, 9.17) is 4.74 Å². The third kappa shape index (κ3) is 7.44. The van der Waals surface area contributed by atoms with E-state index in [1.165, 1.54) is 25.7 Å². The molecule has 0 amide bonds. The van der Waals surface area contributed by atoms with Crippen molar-refractivity contribution < 1.29 is 9.84 Å². The van der Waals surface area contributed by atoms with E-state index >= 15 is 0 Å². The first kappa shape index (κ1) is 16.2. The van der Waals surface area contributed by atoms with E-state index in [1.807, 2.05) is 20.8 Å². The maximum absolute atomic E-state index is 9.69. The van der Waals surface area contributed by atoms with E-state index in [0.29, 0.717) is 19.2 Å². The summed E-state index contributed by atoms with van der Waals surface area (Å²) in [4.78, 5) is 0. The van der Waals surface area contributed by atoms with E-state index in [-0.39, 0.29) is 24.1 Å². The Morgan fingerprint density at radius 3 is 2.38 bits per heavy atom. The lowest BCUT2D eigenvalue weighted by molar-refractivity contribution is -0.0483. The molecule has 0 radical (unpaired) electrons. The van der Waals surface area contributed by atoms with Gasteiger partial charge in [-0.05, 0) is 33.6 Å². The van der Waals surface area contributed by atoms with Gasteiger partial charge in [-0.15, -0.1) is 12.4 Å². The van der Waals surface area contributed by atoms with Gasteiger partial charge >= 0.3 is 0 Å². The number of aliphatic hydroxyl groups is 1. The first-order valence-corrected chi connectivity index (χ1v) is 6.03. The van der Waals surface area contributed by atoms with E-state index in [1.54, 1.807) is 0 Å². The third-order valence-corrected chi connectivity index (χ3v) is 2.71. The molecule has 0 spiro atoms. The summed E-state index contributed by atoms with van der Waals surface area (Å²) in [5.74, 6) is 0. The first-order valence-electron chi connectivity index (χ1n) is 6.03. The van der Waals surface area contributed by atoms with Crippen molar-refractivity contribution in [3.05, 3.63) is 0 Å². The van der Waals surface area contributed by atoms with Crippen molar-refractivity contribution in [3.63, 3.8) is 0 Å². The Bertz CT molecular complexity index is 176. The highest BCUT2D eigenvalue weighted by Crippen LogP contribution is 2.17. The summed E-state index contributed by atoms with van der Waals surface area (Å²) in [6, 6.07) is 0.620. The van der Waals surface area contributed by atoms with Gasteiger partial charge in [0.25, 0.3) is 0 Å². The van der Waals surface area contributed by atoms with Crippen LogP contribution in [0.15, 0.2) is 0 Å². The van der Waals surface area contributed by atoms with Crippen LogP contribution < -0.4 is 5.32 Å². The number of ether oxygens (including phenoxy) is 1. The fourth-order valence-electron chi connectivity index (χ4n) is 1.84. The van der Waals surface area contributed by atoms with Crippen LogP contribution in [0.2, 0.25) is 0 Å². The molecule has 0 aromatic heterocycles. The zero-order valence-corrected chi connectivity index (χ0v) is 11.5. The van der Waals surface area contributed by atoms with Gasteiger partial charge in [-0.1, -0.05) is 12.8 Å². The second-order valence-electron chi connectivity index (χ2n) is 5.47. The summed E-state index contributed by atoms with van der Waals surface area (Å²) >= 11 is 0. The lowest BCUT2D eigenvalue weighted by Gasteiger charge is -2.23. The van der Waals surface area contributed by atoms with Crippen LogP contribution in [0, 0.1) is 0 Å². The highest BCUT2D eigenvalue weighted by molar-refractivity contribution is 5.85. The lowest BCUT2D eigenvalue weighted by atomic mass is 10.2. The van der Waals surface area contributed by atoms with Crippen molar-refractivity contribution in [1.82, 2.24) is 5.32 Å². The van der Waals surface area contributed by atoms with E-state index in [0.717, 1.165) is 0 Å². The number of aliphatic hydroxyl groups excluding tert-OH is 1. The molecule has 0 heterocycles. The van der Waals surface area contributed by atoms with Crippen molar-refractivity contribution >= 4 is 12.4 Å². The Kier molecular flexibility index (Phi) is 7.57. The number of hydrogen-bond acceptors (Lipinski definition) is 3. The molecule has 0 aliphatic heterocycles. The number of halogens is 1. The van der Waals surface area contributed by atoms with Crippen molar-refractivity contribution in [2.24, 2.45) is 0 Å². The molecule has 1 aliphatic rings. The summed E-state index contributed by atoms with van der Waals surface area (Å²) in [5, 5.41) is 13.1. The van der Waals surface area contributed by atoms with Crippen molar-refractivity contribution in [1.29, 1.82) is 0 Å². The van der Waals surface area contributed by atoms with Crippen molar-refractivity contribution in [3.8, 4) is 0 Å². The van der Waals surface area contributed by atoms with Crippen molar-refractivity contribution in [2.75, 3.05) is 13.2 Å². The molecule has 1 saturated carbocycles. The molecule has 4 heteroatoms. The average molecular weight is 252 g/mol. The first-order chi connectivity index (χ1) is 6.97. The molecule has 0 saturated heterocycles. The van der Waals surface area contributed by atoms with Gasteiger partial charge in [-0.2, -0.15) is 0 Å². The van der Waals surface area contributed by atoms with E-state index < -0.39 is 0 Å². The minimum atomic E-state index is -0.384. The van der Waals surface area contributed by atoms with Crippen LogP contribution in [0.4, 0.5) is 0 Å². The Morgan fingerprint density at radius 2 is 1.88 bits per heavy atom. The quantitative estimate of drug-likeness (QED) is 0.787. The topological polar surface area (TPSA) is 41.5 Å². The smallest absolute Gasteiger partial charge is 0.0898 e. The zero-order valence-electron chi connectivity index (χ0n) is 10.7. The third-order valence-electron chi connectivity index (χ3n) is 2.71. The van der Waals surface area contributed by atoms with Gasteiger partial charge in [-0.25, -0.2) is 0 Å². The molecule has 3 nitrogen and oxygen atoms in total. The largest absolute Gasteiger partial charge is 0.389 e. The molecule has 1 fully saturated rings. The van der Waals surface area contributed by atoms with Crippen LogP contribution >= 0.6 is 12.4 Å². The highest BCUT2D eigenvalue weighted by atomic mass is 35.5. The Morgan fingerprint density at radius 1 is 1.31 bits per heavy atom. The van der Waals surface area contributed by atoms with E-state index in [2.05, 4.69) is 5.32 Å². The highest BCUT2D eigenvalue weighted by Gasteiger charge is 2.17. The maximum atomic E-state index is 9.69. The second kappa shape index (κ2) is 7.49. The standard InChI is InChI=1S/C12H25NO2.ClH/c1-12(2,3)15-9-11(14)8-13-10-6-4-5-7-10;/h10-11,13-14H,4-9H2,1-3H3;1H. The van der Waals surface area contributed by atoms with Gasteiger partial charge in [0.05, 0.1) is 18.3 Å². The van der Waals surface area contributed by atoms with Crippen molar-refractivity contribution in [2.45, 2.75) is 64.2 Å². The van der Waals surface area contributed by atoms with Gasteiger partial charge in [0, 0.05) is 12.6 Å². The molecule has 98 valence electrons. The zero-order chi connectivity index (χ0) is 11.3. The lowest BCUT2D eigenvalue weighted by Crippen LogP contribution is -2.37. The summed E-state index contributed by atoms with van der Waals surface area (Å²) < 4.78 is 5.52. The van der Waals surface area contributed by atoms with Crippen LogP contribution in [0.25, 0.3) is 0 Å². The molecule has 0 bridgehead atoms. The molecule has 1 aliphatic carbocycles. The fraction of sp³-hybridized carbons (Fsp3) is 1.00. The number of hydrogen-bond donors (Lipinski definition) is 2. The molecular weight excluding hydrogens is 226 g/mol. The SMILES string of the molecule is CC(C)(C)OCC(O)CNC1CCCC1.Cl. The Hall–Kier alpha value is 0.170. The molecule has 1 unspecified atom stereocenters. The molecule has 1 rings (SSSR count). The maximum Gasteiger partial charge on any atom is 0.0898 e. The van der Waals surface area contributed by atoms with Crippen LogP contribution in [0.3, 0.4) is 0 Å². The summed E-state index contributed by atoms with van der Waals surface area (Å²) in [6.07, 6.45) is 4.78. The van der Waals surface area contributed by atoms with Gasteiger partial charge in [0.1, 0.15) is 0 Å². The molecule has 0 aromatic carbocycles. The molecule has 2 N–H and O–H groups in total. The van der Waals surface area contributed by atoms with Crippen LogP contribution in [0.5, 0.6) is 0 Å². The normalized spacial score (nSPS) is 19.5. The predicted octanol–water partition coefficient (Wildman–Crippen LogP) is 2.12. The average Bonchev–Trinajstić information content (AvgIpc) is 2.62. The number of rotatable bonds is 5. The summed E-state index contributed by atoms with van der Waals surface area (Å²) in [5.41, 5.74) is -0.158. The van der Waals surface area contributed by atoms with Crippen LogP contribution in [-0.4, -0.2) is 36.0 Å². The summed E-state index contributed by atoms with van der Waals surface area (Å²) in [7, 11) is 0. The van der Waals surface area contributed by atoms with Gasteiger partial charge in [0.2, 0.25) is 0 Å².